The van der Waals surface area contributed by atoms with Crippen LogP contribution in [0.5, 0.6) is 0 Å². The van der Waals surface area contributed by atoms with Crippen molar-refractivity contribution in [2.45, 2.75) is 6.92 Å². The third-order valence-electron chi connectivity index (χ3n) is 2.99. The van der Waals surface area contributed by atoms with Crippen molar-refractivity contribution >= 4 is 28.3 Å². The van der Waals surface area contributed by atoms with Crippen molar-refractivity contribution < 1.29 is 9.18 Å². The molecule has 0 aliphatic carbocycles. The zero-order valence-corrected chi connectivity index (χ0v) is 11.4. The normalized spacial score (nSPS) is 12.4. The highest BCUT2D eigenvalue weighted by Gasteiger charge is 2.12. The maximum atomic E-state index is 13.6. The van der Waals surface area contributed by atoms with Crippen molar-refractivity contribution in [2.24, 2.45) is 5.92 Å². The fourth-order valence-electron chi connectivity index (χ4n) is 1.88. The summed E-state index contributed by atoms with van der Waals surface area (Å²) in [5.41, 5.74) is 0.485. The number of amides is 1. The molecular weight excluding hydrogens is 265 g/mol. The number of benzene rings is 2. The molecule has 1 atom stereocenters. The van der Waals surface area contributed by atoms with Crippen LogP contribution < -0.4 is 5.32 Å². The SMILES string of the molecule is CC(CCl)CNC(=O)c1ccc(F)c2ccccc12. The zero-order valence-electron chi connectivity index (χ0n) is 10.6. The van der Waals surface area contributed by atoms with Crippen LogP contribution in [0.4, 0.5) is 4.39 Å². The van der Waals surface area contributed by atoms with Crippen LogP contribution in [0.3, 0.4) is 0 Å². The molecule has 0 saturated heterocycles. The third kappa shape index (κ3) is 3.04. The number of fused-ring (bicyclic) bond motifs is 1. The Bertz CT molecular complexity index is 600. The van der Waals surface area contributed by atoms with Crippen LogP contribution in [0.25, 0.3) is 10.8 Å². The second kappa shape index (κ2) is 6.02. The fraction of sp³-hybridized carbons (Fsp3) is 0.267. The Hall–Kier alpha value is -1.61. The van der Waals surface area contributed by atoms with Gasteiger partial charge in [0.1, 0.15) is 5.82 Å². The quantitative estimate of drug-likeness (QED) is 0.852. The van der Waals surface area contributed by atoms with Crippen molar-refractivity contribution in [1.82, 2.24) is 5.32 Å². The van der Waals surface area contributed by atoms with Gasteiger partial charge in [0.15, 0.2) is 0 Å². The molecule has 1 N–H and O–H groups in total. The number of alkyl halides is 1. The topological polar surface area (TPSA) is 29.1 Å². The molecule has 2 aromatic rings. The van der Waals surface area contributed by atoms with Gasteiger partial charge >= 0.3 is 0 Å². The molecule has 2 rings (SSSR count). The summed E-state index contributed by atoms with van der Waals surface area (Å²) in [5, 5.41) is 3.90. The average Bonchev–Trinajstić information content (AvgIpc) is 2.45. The van der Waals surface area contributed by atoms with Crippen LogP contribution in [0, 0.1) is 11.7 Å². The summed E-state index contributed by atoms with van der Waals surface area (Å²) in [6.45, 7) is 2.46. The van der Waals surface area contributed by atoms with E-state index in [1.807, 2.05) is 6.92 Å². The highest BCUT2D eigenvalue weighted by Crippen LogP contribution is 2.21. The Kier molecular flexibility index (Phi) is 4.38. The lowest BCUT2D eigenvalue weighted by Gasteiger charge is -2.11. The molecule has 0 aliphatic rings. The number of nitrogens with one attached hydrogen (secondary N) is 1. The monoisotopic (exact) mass is 279 g/mol. The van der Waals surface area contributed by atoms with Crippen molar-refractivity contribution in [3.05, 3.63) is 47.8 Å². The Labute approximate surface area is 116 Å². The first-order valence-corrected chi connectivity index (χ1v) is 6.68. The molecule has 0 bridgehead atoms. The van der Waals surface area contributed by atoms with Crippen molar-refractivity contribution in [3.63, 3.8) is 0 Å². The molecule has 2 nitrogen and oxygen atoms in total. The van der Waals surface area contributed by atoms with E-state index >= 15 is 0 Å². The fourth-order valence-corrected chi connectivity index (χ4v) is 1.99. The van der Waals surface area contributed by atoms with Gasteiger partial charge in [-0.25, -0.2) is 4.39 Å². The van der Waals surface area contributed by atoms with Gasteiger partial charge < -0.3 is 5.32 Å². The predicted octanol–water partition coefficient (Wildman–Crippen LogP) is 3.58. The first kappa shape index (κ1) is 13.8. The van der Waals surface area contributed by atoms with Crippen molar-refractivity contribution in [1.29, 1.82) is 0 Å². The molecule has 100 valence electrons. The van der Waals surface area contributed by atoms with E-state index in [1.54, 1.807) is 24.3 Å². The van der Waals surface area contributed by atoms with Gasteiger partial charge in [-0.05, 0) is 23.4 Å². The molecule has 0 saturated carbocycles. The Morgan fingerprint density at radius 1 is 1.26 bits per heavy atom. The molecule has 0 aromatic heterocycles. The molecule has 2 aromatic carbocycles. The molecule has 1 amide bonds. The van der Waals surface area contributed by atoms with Crippen LogP contribution >= 0.6 is 11.6 Å². The molecule has 19 heavy (non-hydrogen) atoms. The van der Waals surface area contributed by atoms with E-state index in [9.17, 15) is 9.18 Å². The first-order valence-electron chi connectivity index (χ1n) is 6.15. The summed E-state index contributed by atoms with van der Waals surface area (Å²) in [7, 11) is 0. The van der Waals surface area contributed by atoms with E-state index < -0.39 is 0 Å². The molecule has 1 unspecified atom stereocenters. The van der Waals surface area contributed by atoms with E-state index in [4.69, 9.17) is 11.6 Å². The molecule has 0 fully saturated rings. The zero-order chi connectivity index (χ0) is 13.8. The lowest BCUT2D eigenvalue weighted by Crippen LogP contribution is -2.29. The Morgan fingerprint density at radius 2 is 1.95 bits per heavy atom. The van der Waals surface area contributed by atoms with Gasteiger partial charge in [0.2, 0.25) is 0 Å². The van der Waals surface area contributed by atoms with Crippen LogP contribution in [0.2, 0.25) is 0 Å². The van der Waals surface area contributed by atoms with Gasteiger partial charge in [-0.1, -0.05) is 31.2 Å². The highest BCUT2D eigenvalue weighted by molar-refractivity contribution is 6.18. The van der Waals surface area contributed by atoms with Crippen LogP contribution in [0.15, 0.2) is 36.4 Å². The second-order valence-electron chi connectivity index (χ2n) is 4.61. The number of hydrogen-bond donors (Lipinski definition) is 1. The van der Waals surface area contributed by atoms with Gasteiger partial charge in [-0.2, -0.15) is 0 Å². The summed E-state index contributed by atoms with van der Waals surface area (Å²) in [4.78, 5) is 12.1. The molecule has 0 aliphatic heterocycles. The standard InChI is InChI=1S/C15H15ClFNO/c1-10(8-16)9-18-15(19)13-6-7-14(17)12-5-3-2-4-11(12)13/h2-7,10H,8-9H2,1H3,(H,18,19). The minimum absolute atomic E-state index is 0.201. The van der Waals surface area contributed by atoms with E-state index in [1.165, 1.54) is 12.1 Å². The van der Waals surface area contributed by atoms with E-state index in [0.29, 0.717) is 28.8 Å². The van der Waals surface area contributed by atoms with Crippen molar-refractivity contribution in [2.75, 3.05) is 12.4 Å². The lowest BCUT2D eigenvalue weighted by atomic mass is 10.0. The summed E-state index contributed by atoms with van der Waals surface area (Å²) in [6.07, 6.45) is 0. The summed E-state index contributed by atoms with van der Waals surface area (Å²) < 4.78 is 13.6. The van der Waals surface area contributed by atoms with E-state index in [0.717, 1.165) is 0 Å². The Balaban J connectivity index is 2.30. The number of carbonyl (C=O) groups is 1. The van der Waals surface area contributed by atoms with E-state index in [-0.39, 0.29) is 17.6 Å². The molecule has 0 radical (unpaired) electrons. The van der Waals surface area contributed by atoms with Crippen LogP contribution in [0.1, 0.15) is 17.3 Å². The maximum absolute atomic E-state index is 13.6. The number of carbonyl (C=O) groups excluding carboxylic acids is 1. The minimum Gasteiger partial charge on any atom is -0.352 e. The third-order valence-corrected chi connectivity index (χ3v) is 3.52. The maximum Gasteiger partial charge on any atom is 0.251 e. The second-order valence-corrected chi connectivity index (χ2v) is 4.92. The highest BCUT2D eigenvalue weighted by atomic mass is 35.5. The number of hydrogen-bond acceptors (Lipinski definition) is 1. The number of halogens is 2. The van der Waals surface area contributed by atoms with Gasteiger partial charge in [0.05, 0.1) is 0 Å². The van der Waals surface area contributed by atoms with E-state index in [2.05, 4.69) is 5.32 Å². The average molecular weight is 280 g/mol. The lowest BCUT2D eigenvalue weighted by molar-refractivity contribution is 0.0951. The molecule has 4 heteroatoms. The molecular formula is C15H15ClFNO. The van der Waals surface area contributed by atoms with Gasteiger partial charge in [-0.3, -0.25) is 4.79 Å². The van der Waals surface area contributed by atoms with Gasteiger partial charge in [0.25, 0.3) is 5.91 Å². The van der Waals surface area contributed by atoms with Crippen LogP contribution in [-0.2, 0) is 0 Å². The van der Waals surface area contributed by atoms with Crippen LogP contribution in [-0.4, -0.2) is 18.3 Å². The summed E-state index contributed by atoms with van der Waals surface area (Å²) >= 11 is 5.70. The molecule has 0 heterocycles. The first-order chi connectivity index (χ1) is 9.13. The van der Waals surface area contributed by atoms with Gasteiger partial charge in [-0.15, -0.1) is 11.6 Å². The summed E-state index contributed by atoms with van der Waals surface area (Å²) in [5.74, 6) is 0.177. The number of rotatable bonds is 4. The minimum atomic E-state index is -0.318. The predicted molar refractivity (Wildman–Crippen MR) is 76.1 cm³/mol. The molecule has 0 spiro atoms. The smallest absolute Gasteiger partial charge is 0.251 e. The van der Waals surface area contributed by atoms with Crippen molar-refractivity contribution in [3.8, 4) is 0 Å². The largest absolute Gasteiger partial charge is 0.352 e. The Morgan fingerprint density at radius 3 is 2.63 bits per heavy atom. The van der Waals surface area contributed by atoms with Gasteiger partial charge in [0, 0.05) is 23.4 Å². The summed E-state index contributed by atoms with van der Waals surface area (Å²) in [6, 6.07) is 9.80.